The first-order chi connectivity index (χ1) is 33.4. The van der Waals surface area contributed by atoms with Crippen LogP contribution in [0.4, 0.5) is 0 Å². The molecule has 0 aliphatic rings. The zero-order valence-electron chi connectivity index (χ0n) is 38.6. The molecular weight excluding hydrogens is 809 g/mol. The number of thiophene rings is 1. The third-order valence-corrected chi connectivity index (χ3v) is 19.1. The summed E-state index contributed by atoms with van der Waals surface area (Å²) in [5.74, 6) is 0. The first-order valence-corrected chi connectivity index (χ1v) is 24.5. The van der Waals surface area contributed by atoms with E-state index in [4.69, 9.17) is 4.11 Å². The zero-order valence-corrected chi connectivity index (χ0v) is 36.4. The Labute approximate surface area is 381 Å². The van der Waals surface area contributed by atoms with E-state index >= 15 is 0 Å². The summed E-state index contributed by atoms with van der Waals surface area (Å²) in [4.78, 5) is 0. The smallest absolute Gasteiger partial charge is 0.179 e. The molecule has 0 amide bonds. The topological polar surface area (TPSA) is 9.86 Å². The number of hydrogen-bond acceptors (Lipinski definition) is 1. The number of fused-ring (bicyclic) bond motifs is 10. The lowest BCUT2D eigenvalue weighted by molar-refractivity contribution is 1.18. The van der Waals surface area contributed by atoms with Crippen molar-refractivity contribution in [2.75, 3.05) is 0 Å². The van der Waals surface area contributed by atoms with Gasteiger partial charge >= 0.3 is 0 Å². The van der Waals surface area contributed by atoms with Gasteiger partial charge in [-0.3, -0.25) is 0 Å². The van der Waals surface area contributed by atoms with Crippen molar-refractivity contribution in [1.29, 1.82) is 0 Å². The van der Waals surface area contributed by atoms with E-state index in [1.165, 1.54) is 31.9 Å². The predicted molar refractivity (Wildman–Crippen MR) is 277 cm³/mol. The number of hydrogen-bond donors (Lipinski definition) is 0. The number of rotatable bonds is 7. The van der Waals surface area contributed by atoms with Crippen molar-refractivity contribution in [3.63, 3.8) is 0 Å². The Balaban J connectivity index is 1.10. The Hall–Kier alpha value is -7.76. The fourth-order valence-electron chi connectivity index (χ4n) is 10.5. The molecule has 0 saturated heterocycles. The molecule has 0 unspecified atom stereocenters. The molecule has 0 saturated carbocycles. The molecule has 13 aromatic rings. The summed E-state index contributed by atoms with van der Waals surface area (Å²) in [6.07, 6.45) is 0. The van der Waals surface area contributed by atoms with Crippen LogP contribution >= 0.6 is 11.3 Å². The number of aromatic nitrogens is 2. The first kappa shape index (κ1) is 32.9. The van der Waals surface area contributed by atoms with Crippen LogP contribution in [0, 0.1) is 0 Å². The average molecular weight is 853 g/mol. The molecule has 0 N–H and O–H groups in total. The highest BCUT2D eigenvalue weighted by Gasteiger charge is 2.41. The fraction of sp³-hybridized carbons (Fsp3) is 0. The van der Waals surface area contributed by atoms with E-state index in [1.807, 2.05) is 24.3 Å². The first-order valence-electron chi connectivity index (χ1n) is 23.7. The summed E-state index contributed by atoms with van der Waals surface area (Å²) in [5, 5.41) is 11.0. The van der Waals surface area contributed by atoms with E-state index in [0.29, 0.717) is 10.9 Å². The van der Waals surface area contributed by atoms with Crippen molar-refractivity contribution in [1.82, 2.24) is 9.13 Å². The SMILES string of the molecule is [2H]c1c([2H])c([2H])c2c(c1[2H])c1ccccc1n2-c1cc2c3ccccc3n(-c3ccc([Si](c4ccccc4)(c4ccccc4)c4cccc(-c5ccccc5)c4)cc3)c2c2c1sc1ccccc12. The summed E-state index contributed by atoms with van der Waals surface area (Å²) in [6, 6.07) is 78.3. The lowest BCUT2D eigenvalue weighted by Crippen LogP contribution is -2.74. The van der Waals surface area contributed by atoms with E-state index in [-0.39, 0.29) is 24.2 Å². The van der Waals surface area contributed by atoms with Crippen molar-refractivity contribution < 1.29 is 5.48 Å². The second-order valence-electron chi connectivity index (χ2n) is 16.5. The third-order valence-electron chi connectivity index (χ3n) is 13.2. The normalized spacial score (nSPS) is 12.9. The molecule has 64 heavy (non-hydrogen) atoms. The molecule has 2 nitrogen and oxygen atoms in total. The lowest BCUT2D eigenvalue weighted by atomic mass is 10.1. The molecule has 0 atom stereocenters. The molecule has 0 aliphatic heterocycles. The van der Waals surface area contributed by atoms with E-state index in [1.54, 1.807) is 11.3 Å². The maximum absolute atomic E-state index is 9.34. The highest BCUT2D eigenvalue weighted by molar-refractivity contribution is 7.26. The molecule has 3 aromatic heterocycles. The Morgan fingerprint density at radius 2 is 0.938 bits per heavy atom. The molecule has 0 fully saturated rings. The Kier molecular flexibility index (Phi) is 7.54. The van der Waals surface area contributed by atoms with Gasteiger partial charge in [0.05, 0.1) is 37.9 Å². The average Bonchev–Trinajstić information content (AvgIpc) is 4.07. The molecule has 300 valence electrons. The molecule has 0 aliphatic carbocycles. The van der Waals surface area contributed by atoms with Gasteiger partial charge in [-0.1, -0.05) is 200 Å². The number of nitrogens with zero attached hydrogens (tertiary/aromatic N) is 2. The lowest BCUT2D eigenvalue weighted by Gasteiger charge is -2.35. The van der Waals surface area contributed by atoms with Gasteiger partial charge in [0.15, 0.2) is 8.07 Å². The Bertz CT molecular complexity index is 4090. The molecule has 0 bridgehead atoms. The highest BCUT2D eigenvalue weighted by Crippen LogP contribution is 2.47. The van der Waals surface area contributed by atoms with Crippen LogP contribution in [0.5, 0.6) is 0 Å². The van der Waals surface area contributed by atoms with Gasteiger partial charge in [0.25, 0.3) is 0 Å². The molecule has 0 spiro atoms. The minimum absolute atomic E-state index is 0.0276. The molecule has 3 heterocycles. The largest absolute Gasteiger partial charge is 0.309 e. The summed E-state index contributed by atoms with van der Waals surface area (Å²) in [5.41, 5.74) is 7.83. The van der Waals surface area contributed by atoms with E-state index < -0.39 is 8.07 Å². The third kappa shape index (κ3) is 5.43. The van der Waals surface area contributed by atoms with Crippen molar-refractivity contribution in [3.05, 3.63) is 243 Å². The summed E-state index contributed by atoms with van der Waals surface area (Å²) >= 11 is 1.73. The van der Waals surface area contributed by atoms with E-state index in [9.17, 15) is 1.37 Å². The van der Waals surface area contributed by atoms with Gasteiger partial charge in [-0.25, -0.2) is 0 Å². The van der Waals surface area contributed by atoms with Crippen LogP contribution in [-0.2, 0) is 0 Å². The second kappa shape index (κ2) is 14.7. The predicted octanol–water partition coefficient (Wildman–Crippen LogP) is 13.3. The van der Waals surface area contributed by atoms with Crippen molar-refractivity contribution in [2.24, 2.45) is 0 Å². The quantitative estimate of drug-likeness (QED) is 0.112. The Morgan fingerprint density at radius 1 is 0.391 bits per heavy atom. The molecule has 4 heteroatoms. The van der Waals surface area contributed by atoms with E-state index in [2.05, 4.69) is 203 Å². The van der Waals surface area contributed by atoms with Crippen LogP contribution in [0.25, 0.3) is 86.3 Å². The minimum Gasteiger partial charge on any atom is -0.309 e. The minimum atomic E-state index is -2.91. The van der Waals surface area contributed by atoms with Crippen LogP contribution in [0.1, 0.15) is 5.48 Å². The zero-order chi connectivity index (χ0) is 45.7. The van der Waals surface area contributed by atoms with Crippen LogP contribution in [0.3, 0.4) is 0 Å². The summed E-state index contributed by atoms with van der Waals surface area (Å²) in [7, 11) is -2.91. The Morgan fingerprint density at radius 3 is 1.66 bits per heavy atom. The van der Waals surface area contributed by atoms with Gasteiger partial charge in [-0.05, 0) is 74.3 Å². The maximum atomic E-state index is 9.34. The van der Waals surface area contributed by atoms with E-state index in [0.717, 1.165) is 64.3 Å². The second-order valence-corrected chi connectivity index (χ2v) is 21.4. The van der Waals surface area contributed by atoms with Gasteiger partial charge in [0.2, 0.25) is 0 Å². The maximum Gasteiger partial charge on any atom is 0.179 e. The van der Waals surface area contributed by atoms with Gasteiger partial charge in [0, 0.05) is 42.7 Å². The number of benzene rings is 10. The molecule has 0 radical (unpaired) electrons. The monoisotopic (exact) mass is 852 g/mol. The number of para-hydroxylation sites is 3. The van der Waals surface area contributed by atoms with Crippen LogP contribution in [-0.4, -0.2) is 17.2 Å². The van der Waals surface area contributed by atoms with Crippen LogP contribution in [0.15, 0.2) is 243 Å². The summed E-state index contributed by atoms with van der Waals surface area (Å²) in [6.45, 7) is 0. The van der Waals surface area contributed by atoms with Crippen LogP contribution in [0.2, 0.25) is 0 Å². The van der Waals surface area contributed by atoms with Gasteiger partial charge in [0.1, 0.15) is 0 Å². The van der Waals surface area contributed by atoms with Crippen molar-refractivity contribution in [2.45, 2.75) is 0 Å². The molecule has 10 aromatic carbocycles. The fourth-order valence-corrected chi connectivity index (χ4v) is 16.5. The molecule has 13 rings (SSSR count). The van der Waals surface area contributed by atoms with Gasteiger partial charge in [-0.15, -0.1) is 11.3 Å². The summed E-state index contributed by atoms with van der Waals surface area (Å²) < 4.78 is 42.7. The molecular formula is C60H40N2SSi. The van der Waals surface area contributed by atoms with Crippen molar-refractivity contribution in [3.8, 4) is 22.5 Å². The van der Waals surface area contributed by atoms with Gasteiger partial charge in [-0.2, -0.15) is 0 Å². The van der Waals surface area contributed by atoms with Crippen LogP contribution < -0.4 is 20.7 Å². The van der Waals surface area contributed by atoms with Crippen molar-refractivity contribution >= 4 is 104 Å². The standard InChI is InChI=1S/C60H40N2SSi/c1-4-19-41(20-5-1)42-21-18-26-47(39-42)64(44-22-6-2-7-23-44,45-24-8-3-9-25-45)46-37-35-43(36-38-46)61-53-31-14-12-29-50(53)52-40-56(60-58(59(52)61)51-30-13-17-34-57(51)63-60)62-54-32-15-10-27-48(54)49-28-11-16-33-55(49)62/h1-40H/i10D,15D,27D,32D. The highest BCUT2D eigenvalue weighted by atomic mass is 32.1. The van der Waals surface area contributed by atoms with Gasteiger partial charge < -0.3 is 9.13 Å².